The van der Waals surface area contributed by atoms with Crippen molar-refractivity contribution in [2.45, 2.75) is 12.8 Å². The van der Waals surface area contributed by atoms with E-state index in [0.29, 0.717) is 30.7 Å². The second-order valence-corrected chi connectivity index (χ2v) is 4.22. The highest BCUT2D eigenvalue weighted by Crippen LogP contribution is 2.22. The van der Waals surface area contributed by atoms with Gasteiger partial charge in [-0.3, -0.25) is 4.79 Å². The summed E-state index contributed by atoms with van der Waals surface area (Å²) in [5, 5.41) is 11.1. The number of halogens is 1. The third kappa shape index (κ3) is 4.08. The molecule has 0 spiro atoms. The number of hydrogen-bond donors (Lipinski definition) is 1. The average molecular weight is 297 g/mol. The van der Waals surface area contributed by atoms with Crippen molar-refractivity contribution in [3.63, 3.8) is 0 Å². The second kappa shape index (κ2) is 6.92. The first-order chi connectivity index (χ1) is 8.19. The van der Waals surface area contributed by atoms with Gasteiger partial charge in [0.25, 0.3) is 5.91 Å². The van der Waals surface area contributed by atoms with Crippen LogP contribution in [-0.4, -0.2) is 19.6 Å². The smallest absolute Gasteiger partial charge is 0.252 e. The van der Waals surface area contributed by atoms with Crippen LogP contribution in [0.25, 0.3) is 0 Å². The van der Waals surface area contributed by atoms with Gasteiger partial charge in [0.15, 0.2) is 0 Å². The van der Waals surface area contributed by atoms with Crippen LogP contribution < -0.4 is 10.1 Å². The highest BCUT2D eigenvalue weighted by Gasteiger charge is 2.10. The standard InChI is InChI=1S/C12H13BrN2O2/c1-17-9-4-5-11(13)10(8-9)12(16)15-7-3-2-6-14/h4-5,8H,2-3,7H2,1H3,(H,15,16). The molecule has 0 atom stereocenters. The predicted octanol–water partition coefficient (Wildman–Crippen LogP) is 2.49. The van der Waals surface area contributed by atoms with E-state index in [1.54, 1.807) is 25.3 Å². The Morgan fingerprint density at radius 3 is 3.00 bits per heavy atom. The molecule has 0 unspecified atom stereocenters. The number of carbonyl (C=O) groups is 1. The number of carbonyl (C=O) groups excluding carboxylic acids is 1. The fourth-order valence-electron chi connectivity index (χ4n) is 1.27. The van der Waals surface area contributed by atoms with E-state index in [-0.39, 0.29) is 5.91 Å². The van der Waals surface area contributed by atoms with E-state index in [1.165, 1.54) is 0 Å². The summed E-state index contributed by atoms with van der Waals surface area (Å²) in [6.45, 7) is 0.496. The van der Waals surface area contributed by atoms with E-state index in [0.717, 1.165) is 4.47 Å². The van der Waals surface area contributed by atoms with Crippen LogP contribution in [0, 0.1) is 11.3 Å². The molecule has 0 bridgehead atoms. The molecule has 17 heavy (non-hydrogen) atoms. The summed E-state index contributed by atoms with van der Waals surface area (Å²) in [5.74, 6) is 0.462. The lowest BCUT2D eigenvalue weighted by Crippen LogP contribution is -2.24. The average Bonchev–Trinajstić information content (AvgIpc) is 2.35. The Bertz CT molecular complexity index is 441. The maximum Gasteiger partial charge on any atom is 0.252 e. The van der Waals surface area contributed by atoms with Gasteiger partial charge in [0.1, 0.15) is 5.75 Å². The summed E-state index contributed by atoms with van der Waals surface area (Å²) in [6, 6.07) is 7.24. The predicted molar refractivity (Wildman–Crippen MR) is 67.9 cm³/mol. The zero-order valence-corrected chi connectivity index (χ0v) is 11.1. The van der Waals surface area contributed by atoms with Gasteiger partial charge in [-0.1, -0.05) is 0 Å². The van der Waals surface area contributed by atoms with E-state index in [4.69, 9.17) is 10.00 Å². The van der Waals surface area contributed by atoms with Crippen molar-refractivity contribution in [3.05, 3.63) is 28.2 Å². The van der Waals surface area contributed by atoms with Crippen molar-refractivity contribution in [2.24, 2.45) is 0 Å². The van der Waals surface area contributed by atoms with E-state index >= 15 is 0 Å². The molecule has 1 N–H and O–H groups in total. The first kappa shape index (κ1) is 13.5. The van der Waals surface area contributed by atoms with Crippen LogP contribution in [0.3, 0.4) is 0 Å². The largest absolute Gasteiger partial charge is 0.497 e. The number of nitriles is 1. The molecule has 5 heteroatoms. The number of nitrogens with zero attached hydrogens (tertiary/aromatic N) is 1. The van der Waals surface area contributed by atoms with Crippen LogP contribution in [0.5, 0.6) is 5.75 Å². The SMILES string of the molecule is COc1ccc(Br)c(C(=O)NCCCC#N)c1. The second-order valence-electron chi connectivity index (χ2n) is 3.36. The third-order valence-electron chi connectivity index (χ3n) is 2.17. The Morgan fingerprint density at radius 2 is 2.35 bits per heavy atom. The number of nitrogens with one attached hydrogen (secondary N) is 1. The molecule has 90 valence electrons. The molecule has 0 aliphatic heterocycles. The Morgan fingerprint density at radius 1 is 1.59 bits per heavy atom. The maximum atomic E-state index is 11.8. The fraction of sp³-hybridized carbons (Fsp3) is 0.333. The van der Waals surface area contributed by atoms with Gasteiger partial charge in [-0.25, -0.2) is 0 Å². The summed E-state index contributed by atoms with van der Waals surface area (Å²) in [6.07, 6.45) is 1.10. The van der Waals surface area contributed by atoms with Crippen LogP contribution in [0.2, 0.25) is 0 Å². The Hall–Kier alpha value is -1.54. The number of hydrogen-bond acceptors (Lipinski definition) is 3. The number of amides is 1. The Kier molecular flexibility index (Phi) is 5.50. The molecule has 4 nitrogen and oxygen atoms in total. The van der Waals surface area contributed by atoms with Crippen LogP contribution in [0.1, 0.15) is 23.2 Å². The van der Waals surface area contributed by atoms with Crippen molar-refractivity contribution in [2.75, 3.05) is 13.7 Å². The van der Waals surface area contributed by atoms with Crippen molar-refractivity contribution in [1.29, 1.82) is 5.26 Å². The first-order valence-electron chi connectivity index (χ1n) is 5.17. The molecule has 1 rings (SSSR count). The molecule has 1 aromatic rings. The van der Waals surface area contributed by atoms with Crippen molar-refractivity contribution in [3.8, 4) is 11.8 Å². The van der Waals surface area contributed by atoms with Gasteiger partial charge < -0.3 is 10.1 Å². The molecule has 0 radical (unpaired) electrons. The van der Waals surface area contributed by atoms with Crippen molar-refractivity contribution < 1.29 is 9.53 Å². The minimum Gasteiger partial charge on any atom is -0.497 e. The third-order valence-corrected chi connectivity index (χ3v) is 2.86. The van der Waals surface area contributed by atoms with Crippen LogP contribution >= 0.6 is 15.9 Å². The number of rotatable bonds is 5. The minimum absolute atomic E-state index is 0.172. The topological polar surface area (TPSA) is 62.1 Å². The van der Waals surface area contributed by atoms with Gasteiger partial charge in [0, 0.05) is 17.4 Å². The van der Waals surface area contributed by atoms with E-state index < -0.39 is 0 Å². The van der Waals surface area contributed by atoms with Gasteiger partial charge in [0.2, 0.25) is 0 Å². The van der Waals surface area contributed by atoms with Crippen LogP contribution in [0.4, 0.5) is 0 Å². The van der Waals surface area contributed by atoms with Gasteiger partial charge in [-0.05, 0) is 40.5 Å². The molecule has 0 aliphatic carbocycles. The summed E-state index contributed by atoms with van der Waals surface area (Å²) in [4.78, 5) is 11.8. The maximum absolute atomic E-state index is 11.8. The van der Waals surface area contributed by atoms with Gasteiger partial charge in [-0.2, -0.15) is 5.26 Å². The van der Waals surface area contributed by atoms with Gasteiger partial charge >= 0.3 is 0 Å². The zero-order chi connectivity index (χ0) is 12.7. The molecule has 0 fully saturated rings. The van der Waals surface area contributed by atoms with E-state index in [1.807, 2.05) is 6.07 Å². The Labute approximate surface area is 109 Å². The van der Waals surface area contributed by atoms with E-state index in [2.05, 4.69) is 21.2 Å². The van der Waals surface area contributed by atoms with Gasteiger partial charge in [0.05, 0.1) is 18.7 Å². The number of methoxy groups -OCH3 is 1. The molecule has 0 aliphatic rings. The molecule has 1 amide bonds. The summed E-state index contributed by atoms with van der Waals surface area (Å²) >= 11 is 3.31. The lowest BCUT2D eigenvalue weighted by Gasteiger charge is -2.07. The zero-order valence-electron chi connectivity index (χ0n) is 9.50. The molecule has 0 heterocycles. The highest BCUT2D eigenvalue weighted by atomic mass is 79.9. The van der Waals surface area contributed by atoms with Crippen molar-refractivity contribution in [1.82, 2.24) is 5.32 Å². The highest BCUT2D eigenvalue weighted by molar-refractivity contribution is 9.10. The van der Waals surface area contributed by atoms with Crippen LogP contribution in [0.15, 0.2) is 22.7 Å². The summed E-state index contributed by atoms with van der Waals surface area (Å²) < 4.78 is 5.78. The first-order valence-corrected chi connectivity index (χ1v) is 5.97. The minimum atomic E-state index is -0.172. The lowest BCUT2D eigenvalue weighted by molar-refractivity contribution is 0.0952. The van der Waals surface area contributed by atoms with Crippen LogP contribution in [-0.2, 0) is 0 Å². The fourth-order valence-corrected chi connectivity index (χ4v) is 1.70. The van der Waals surface area contributed by atoms with Crippen molar-refractivity contribution >= 4 is 21.8 Å². The molecule has 0 saturated carbocycles. The molecule has 0 aromatic heterocycles. The van der Waals surface area contributed by atoms with E-state index in [9.17, 15) is 4.79 Å². The molecule has 1 aromatic carbocycles. The van der Waals surface area contributed by atoms with Gasteiger partial charge in [-0.15, -0.1) is 0 Å². The summed E-state index contributed by atoms with van der Waals surface area (Å²) in [7, 11) is 1.55. The quantitative estimate of drug-likeness (QED) is 0.849. The number of ether oxygens (including phenoxy) is 1. The molecule has 0 saturated heterocycles. The number of benzene rings is 1. The number of unbranched alkanes of at least 4 members (excludes halogenated alkanes) is 1. The molecular weight excluding hydrogens is 284 g/mol. The monoisotopic (exact) mass is 296 g/mol. The lowest BCUT2D eigenvalue weighted by atomic mass is 10.2. The molecular formula is C12H13BrN2O2. The Balaban J connectivity index is 2.65. The normalized spacial score (nSPS) is 9.47. The summed E-state index contributed by atoms with van der Waals surface area (Å²) in [5.41, 5.74) is 0.529.